The van der Waals surface area contributed by atoms with Crippen LogP contribution in [-0.2, 0) is 6.54 Å². The van der Waals surface area contributed by atoms with Gasteiger partial charge in [0.1, 0.15) is 0 Å². The normalized spacial score (nSPS) is 14.2. The molecule has 1 aliphatic rings. The molecule has 0 aromatic heterocycles. The number of hydrogen-bond acceptors (Lipinski definition) is 2. The first-order chi connectivity index (χ1) is 8.56. The van der Waals surface area contributed by atoms with Crippen molar-refractivity contribution in [1.29, 1.82) is 0 Å². The van der Waals surface area contributed by atoms with Crippen LogP contribution in [0.4, 0.5) is 16.2 Å². The standard InChI is InChI=1S/C10H13N7O/c11-8(12)17-9(13)15-6-3-1-2-5-4-14-10(18)16-7(5)6/h1-3H,4H2,(H2,14,16,18)(H6,11,12,13,15,17). The van der Waals surface area contributed by atoms with E-state index < -0.39 is 0 Å². The average molecular weight is 247 g/mol. The summed E-state index contributed by atoms with van der Waals surface area (Å²) in [5, 5.41) is 5.32. The van der Waals surface area contributed by atoms with Crippen molar-refractivity contribution in [2.45, 2.75) is 6.54 Å². The third kappa shape index (κ3) is 2.48. The predicted octanol–water partition coefficient (Wildman–Crippen LogP) is -0.459. The first-order valence-electron chi connectivity index (χ1n) is 5.17. The summed E-state index contributed by atoms with van der Waals surface area (Å²) in [5.74, 6) is -0.247. The van der Waals surface area contributed by atoms with Gasteiger partial charge in [-0.15, -0.1) is 0 Å². The van der Waals surface area contributed by atoms with Gasteiger partial charge in [-0.05, 0) is 11.6 Å². The van der Waals surface area contributed by atoms with Crippen LogP contribution in [0, 0.1) is 0 Å². The highest BCUT2D eigenvalue weighted by molar-refractivity contribution is 5.98. The van der Waals surface area contributed by atoms with Gasteiger partial charge in [0.25, 0.3) is 0 Å². The molecule has 8 nitrogen and oxygen atoms in total. The Hall–Kier alpha value is -2.77. The van der Waals surface area contributed by atoms with E-state index in [2.05, 4.69) is 20.6 Å². The zero-order valence-corrected chi connectivity index (χ0v) is 9.47. The number of nitrogens with two attached hydrogens (primary N) is 3. The zero-order chi connectivity index (χ0) is 13.1. The van der Waals surface area contributed by atoms with Gasteiger partial charge in [-0.2, -0.15) is 4.99 Å². The van der Waals surface area contributed by atoms with Crippen LogP contribution in [0.3, 0.4) is 0 Å². The fourth-order valence-electron chi connectivity index (χ4n) is 1.59. The van der Waals surface area contributed by atoms with Gasteiger partial charge in [0.2, 0.25) is 5.96 Å². The van der Waals surface area contributed by atoms with Crippen molar-refractivity contribution in [2.75, 3.05) is 5.32 Å². The molecule has 1 aromatic rings. The first kappa shape index (κ1) is 11.7. The molecular formula is C10H13N7O. The minimum absolute atomic E-state index is 0.0730. The molecule has 0 aliphatic carbocycles. The molecule has 2 rings (SSSR count). The summed E-state index contributed by atoms with van der Waals surface area (Å²) in [6.07, 6.45) is 0. The third-order valence-corrected chi connectivity index (χ3v) is 2.29. The lowest BCUT2D eigenvalue weighted by atomic mass is 10.1. The number of nitrogens with one attached hydrogen (secondary N) is 2. The van der Waals surface area contributed by atoms with E-state index in [4.69, 9.17) is 17.2 Å². The van der Waals surface area contributed by atoms with E-state index in [0.717, 1.165) is 5.56 Å². The van der Waals surface area contributed by atoms with Gasteiger partial charge in [-0.25, -0.2) is 9.79 Å². The van der Waals surface area contributed by atoms with Gasteiger partial charge in [-0.3, -0.25) is 0 Å². The number of guanidine groups is 2. The van der Waals surface area contributed by atoms with Crippen molar-refractivity contribution < 1.29 is 4.79 Å². The molecule has 18 heavy (non-hydrogen) atoms. The van der Waals surface area contributed by atoms with Crippen LogP contribution >= 0.6 is 0 Å². The van der Waals surface area contributed by atoms with Crippen molar-refractivity contribution in [3.05, 3.63) is 23.8 Å². The zero-order valence-electron chi connectivity index (χ0n) is 9.47. The molecule has 0 spiro atoms. The number of aliphatic imine (C=N–C) groups is 2. The second-order valence-corrected chi connectivity index (χ2v) is 3.63. The number of carbonyl (C=O) groups is 1. The van der Waals surface area contributed by atoms with E-state index in [1.165, 1.54) is 0 Å². The number of nitrogens with zero attached hydrogens (tertiary/aromatic N) is 2. The summed E-state index contributed by atoms with van der Waals surface area (Å²) in [7, 11) is 0. The third-order valence-electron chi connectivity index (χ3n) is 2.29. The maximum atomic E-state index is 11.3. The van der Waals surface area contributed by atoms with Crippen molar-refractivity contribution in [1.82, 2.24) is 5.32 Å². The maximum absolute atomic E-state index is 11.3. The van der Waals surface area contributed by atoms with Gasteiger partial charge in [0.15, 0.2) is 5.96 Å². The van der Waals surface area contributed by atoms with Crippen LogP contribution in [0.2, 0.25) is 0 Å². The number of carbonyl (C=O) groups excluding carboxylic acids is 1. The van der Waals surface area contributed by atoms with Gasteiger partial charge in [0, 0.05) is 6.54 Å². The van der Waals surface area contributed by atoms with Gasteiger partial charge in [0.05, 0.1) is 11.4 Å². The number of para-hydroxylation sites is 1. The molecule has 0 saturated heterocycles. The maximum Gasteiger partial charge on any atom is 0.319 e. The molecule has 0 fully saturated rings. The number of anilines is 1. The fourth-order valence-corrected chi connectivity index (χ4v) is 1.59. The van der Waals surface area contributed by atoms with Crippen LogP contribution in [0.15, 0.2) is 28.2 Å². The molecular weight excluding hydrogens is 234 g/mol. The fraction of sp³-hybridized carbons (Fsp3) is 0.100. The van der Waals surface area contributed by atoms with E-state index in [0.29, 0.717) is 17.9 Å². The van der Waals surface area contributed by atoms with Crippen LogP contribution in [0.25, 0.3) is 0 Å². The van der Waals surface area contributed by atoms with Crippen molar-refractivity contribution >= 4 is 29.3 Å². The quantitative estimate of drug-likeness (QED) is 0.338. The predicted molar refractivity (Wildman–Crippen MR) is 69.4 cm³/mol. The van der Waals surface area contributed by atoms with E-state index in [1.807, 2.05) is 6.07 Å². The molecule has 0 radical (unpaired) electrons. The number of fused-ring (bicyclic) bond motifs is 1. The van der Waals surface area contributed by atoms with Crippen LogP contribution < -0.4 is 27.8 Å². The minimum atomic E-state index is -0.287. The summed E-state index contributed by atoms with van der Waals surface area (Å²) in [6, 6.07) is 5.10. The molecule has 8 N–H and O–H groups in total. The smallest absolute Gasteiger partial charge is 0.319 e. The molecule has 94 valence electrons. The highest BCUT2D eigenvalue weighted by Crippen LogP contribution is 2.30. The Morgan fingerprint density at radius 2 is 2.06 bits per heavy atom. The number of urea groups is 1. The number of rotatable bonds is 1. The molecule has 0 bridgehead atoms. The first-order valence-corrected chi connectivity index (χ1v) is 5.17. The van der Waals surface area contributed by atoms with E-state index in [9.17, 15) is 4.79 Å². The summed E-state index contributed by atoms with van der Waals surface area (Å²) in [6.45, 7) is 0.437. The Bertz CT molecular complexity index is 545. The topological polar surface area (TPSA) is 144 Å². The van der Waals surface area contributed by atoms with Gasteiger partial charge >= 0.3 is 6.03 Å². The summed E-state index contributed by atoms with van der Waals surface area (Å²) in [4.78, 5) is 18.9. The van der Waals surface area contributed by atoms with Crippen molar-refractivity contribution in [3.8, 4) is 0 Å². The van der Waals surface area contributed by atoms with Crippen LogP contribution in [0.1, 0.15) is 5.56 Å². The van der Waals surface area contributed by atoms with Crippen molar-refractivity contribution in [2.24, 2.45) is 27.2 Å². The number of hydrogen-bond donors (Lipinski definition) is 5. The summed E-state index contributed by atoms with van der Waals surface area (Å²) >= 11 is 0. The molecule has 8 heteroatoms. The molecule has 0 saturated carbocycles. The monoisotopic (exact) mass is 247 g/mol. The van der Waals surface area contributed by atoms with Crippen LogP contribution in [0.5, 0.6) is 0 Å². The molecule has 2 amide bonds. The molecule has 1 heterocycles. The average Bonchev–Trinajstić information content (AvgIpc) is 2.28. The highest BCUT2D eigenvalue weighted by atomic mass is 16.2. The minimum Gasteiger partial charge on any atom is -0.370 e. The Balaban J connectivity index is 2.40. The van der Waals surface area contributed by atoms with E-state index in [-0.39, 0.29) is 18.0 Å². The number of benzene rings is 1. The Morgan fingerprint density at radius 3 is 2.78 bits per heavy atom. The van der Waals surface area contributed by atoms with Gasteiger partial charge < -0.3 is 27.8 Å². The summed E-state index contributed by atoms with van der Waals surface area (Å²) < 4.78 is 0. The largest absolute Gasteiger partial charge is 0.370 e. The lowest BCUT2D eigenvalue weighted by molar-refractivity contribution is 0.251. The number of amides is 2. The van der Waals surface area contributed by atoms with Gasteiger partial charge in [-0.1, -0.05) is 12.1 Å². The second kappa shape index (κ2) is 4.62. The Labute approximate surface area is 103 Å². The SMILES string of the molecule is NC(N)=NC(N)=Nc1cccc2c1NC(=O)NC2. The van der Waals surface area contributed by atoms with Crippen molar-refractivity contribution in [3.63, 3.8) is 0 Å². The lowest BCUT2D eigenvalue weighted by Crippen LogP contribution is -2.33. The Morgan fingerprint density at radius 1 is 1.28 bits per heavy atom. The Kier molecular flexibility index (Phi) is 3.00. The molecule has 0 atom stereocenters. The van der Waals surface area contributed by atoms with Crippen LogP contribution in [-0.4, -0.2) is 18.0 Å². The second-order valence-electron chi connectivity index (χ2n) is 3.63. The highest BCUT2D eigenvalue weighted by Gasteiger charge is 2.16. The molecule has 0 unspecified atom stereocenters. The molecule has 1 aliphatic heterocycles. The van der Waals surface area contributed by atoms with E-state index in [1.54, 1.807) is 12.1 Å². The lowest BCUT2D eigenvalue weighted by Gasteiger charge is -2.19. The molecule has 1 aromatic carbocycles. The summed E-state index contributed by atoms with van der Waals surface area (Å²) in [5.41, 5.74) is 18.0. The van der Waals surface area contributed by atoms with E-state index >= 15 is 0 Å².